The van der Waals surface area contributed by atoms with E-state index >= 15 is 0 Å². The van der Waals surface area contributed by atoms with Crippen LogP contribution in [0.5, 0.6) is 0 Å². The Morgan fingerprint density at radius 1 is 1.38 bits per heavy atom. The molecule has 0 aliphatic carbocycles. The number of hydrogen-bond acceptors (Lipinski definition) is 4. The van der Waals surface area contributed by atoms with Gasteiger partial charge in [0.1, 0.15) is 11.1 Å². The molecule has 4 nitrogen and oxygen atoms in total. The number of nitrogens with two attached hydrogens (primary N) is 1. The Morgan fingerprint density at radius 3 is 2.69 bits per heavy atom. The molecular weight excluding hydrogens is 342 g/mol. The number of primary amides is 1. The molecule has 1 heterocycles. The van der Waals surface area contributed by atoms with Gasteiger partial charge in [-0.25, -0.2) is 4.98 Å². The first-order valence-electron chi connectivity index (χ1n) is 7.98. The van der Waals surface area contributed by atoms with Crippen LogP contribution in [-0.4, -0.2) is 16.6 Å². The fourth-order valence-electron chi connectivity index (χ4n) is 2.40. The lowest BCUT2D eigenvalue weighted by Crippen LogP contribution is -2.13. The highest BCUT2D eigenvalue weighted by Crippen LogP contribution is 2.33. The molecule has 1 aromatic carbocycles. The minimum Gasteiger partial charge on any atom is -0.369 e. The maximum atomic E-state index is 11.2. The van der Waals surface area contributed by atoms with Gasteiger partial charge in [0.15, 0.2) is 0 Å². The zero-order chi connectivity index (χ0) is 18.9. The van der Waals surface area contributed by atoms with Gasteiger partial charge in [-0.2, -0.15) is 5.26 Å². The van der Waals surface area contributed by atoms with Gasteiger partial charge < -0.3 is 5.73 Å². The molecule has 2 N–H and O–H groups in total. The molecule has 130 valence electrons. The Balaban J connectivity index is 2.72. The SMILES string of the molecule is C=C/C=C(\C=C/C)c1cc(-c2ccccc2)c(C#N)c(SCC(N)=O)n1. The monoisotopic (exact) mass is 361 g/mol. The predicted octanol–water partition coefficient (Wildman–Crippen LogP) is 4.34. The molecule has 2 rings (SSSR count). The fraction of sp³-hybridized carbons (Fsp3) is 0.0952. The summed E-state index contributed by atoms with van der Waals surface area (Å²) in [6.45, 7) is 5.67. The van der Waals surface area contributed by atoms with E-state index in [0.717, 1.165) is 16.7 Å². The Kier molecular flexibility index (Phi) is 6.95. The number of pyridine rings is 1. The van der Waals surface area contributed by atoms with E-state index in [-0.39, 0.29) is 5.75 Å². The van der Waals surface area contributed by atoms with E-state index in [2.05, 4.69) is 17.6 Å². The number of rotatable bonds is 7. The molecule has 0 radical (unpaired) electrons. The van der Waals surface area contributed by atoms with Crippen molar-refractivity contribution < 1.29 is 4.79 Å². The van der Waals surface area contributed by atoms with E-state index in [1.807, 2.05) is 61.5 Å². The molecule has 1 aromatic heterocycles. The number of benzene rings is 1. The molecule has 0 saturated heterocycles. The highest BCUT2D eigenvalue weighted by molar-refractivity contribution is 8.00. The van der Waals surface area contributed by atoms with Crippen LogP contribution in [0.2, 0.25) is 0 Å². The Labute approximate surface area is 157 Å². The number of amides is 1. The lowest BCUT2D eigenvalue weighted by atomic mass is 9.99. The van der Waals surface area contributed by atoms with E-state index in [9.17, 15) is 10.1 Å². The second-order valence-corrected chi connectivity index (χ2v) is 6.29. The number of allylic oxidation sites excluding steroid dienone is 5. The van der Waals surface area contributed by atoms with Gasteiger partial charge in [0, 0.05) is 5.56 Å². The van der Waals surface area contributed by atoms with E-state index in [4.69, 9.17) is 5.73 Å². The minimum atomic E-state index is -0.456. The van der Waals surface area contributed by atoms with Gasteiger partial charge in [0.2, 0.25) is 5.91 Å². The van der Waals surface area contributed by atoms with E-state index in [1.165, 1.54) is 11.8 Å². The number of nitriles is 1. The number of nitrogens with zero attached hydrogens (tertiary/aromatic N) is 2. The molecule has 0 spiro atoms. The second kappa shape index (κ2) is 9.40. The van der Waals surface area contributed by atoms with Crippen LogP contribution in [0.4, 0.5) is 0 Å². The summed E-state index contributed by atoms with van der Waals surface area (Å²) >= 11 is 1.17. The third-order valence-corrected chi connectivity index (χ3v) is 4.47. The van der Waals surface area contributed by atoms with Crippen molar-refractivity contribution in [1.29, 1.82) is 5.26 Å². The van der Waals surface area contributed by atoms with Gasteiger partial charge in [-0.15, -0.1) is 0 Å². The van der Waals surface area contributed by atoms with Crippen LogP contribution in [0, 0.1) is 11.3 Å². The van der Waals surface area contributed by atoms with Crippen LogP contribution < -0.4 is 5.73 Å². The maximum Gasteiger partial charge on any atom is 0.227 e. The summed E-state index contributed by atoms with van der Waals surface area (Å²) in [5.74, 6) is -0.397. The van der Waals surface area contributed by atoms with Crippen molar-refractivity contribution in [3.63, 3.8) is 0 Å². The predicted molar refractivity (Wildman–Crippen MR) is 107 cm³/mol. The third-order valence-electron chi connectivity index (χ3n) is 3.47. The number of hydrogen-bond donors (Lipinski definition) is 1. The third kappa shape index (κ3) is 4.71. The Bertz CT molecular complexity index is 909. The first-order valence-corrected chi connectivity index (χ1v) is 8.96. The lowest BCUT2D eigenvalue weighted by Gasteiger charge is -2.12. The van der Waals surface area contributed by atoms with Gasteiger partial charge in [0.25, 0.3) is 0 Å². The molecule has 0 atom stereocenters. The fourth-order valence-corrected chi connectivity index (χ4v) is 3.14. The topological polar surface area (TPSA) is 79.8 Å². The van der Waals surface area contributed by atoms with Crippen molar-refractivity contribution in [2.75, 3.05) is 5.75 Å². The number of aromatic nitrogens is 1. The Hall–Kier alpha value is -3.10. The van der Waals surface area contributed by atoms with Crippen molar-refractivity contribution in [2.45, 2.75) is 11.9 Å². The highest BCUT2D eigenvalue weighted by Gasteiger charge is 2.16. The van der Waals surface area contributed by atoms with Crippen LogP contribution in [0.25, 0.3) is 16.7 Å². The van der Waals surface area contributed by atoms with Crippen LogP contribution in [0.1, 0.15) is 18.2 Å². The van der Waals surface area contributed by atoms with Crippen molar-refractivity contribution in [3.8, 4) is 17.2 Å². The maximum absolute atomic E-state index is 11.2. The first-order chi connectivity index (χ1) is 12.6. The summed E-state index contributed by atoms with van der Waals surface area (Å²) in [6, 6.07) is 13.7. The number of carbonyl (C=O) groups is 1. The summed E-state index contributed by atoms with van der Waals surface area (Å²) in [5.41, 5.74) is 8.95. The standard InChI is InChI=1S/C21H19N3OS/c1-3-8-16(9-4-2)19-12-17(15-10-6-5-7-11-15)18(13-22)21(24-19)26-14-20(23)25/h3-12H,1,14H2,2H3,(H2,23,25)/b9-4-,16-8+. The van der Waals surface area contributed by atoms with Crippen LogP contribution in [0.3, 0.4) is 0 Å². The summed E-state index contributed by atoms with van der Waals surface area (Å²) in [5, 5.41) is 10.2. The molecule has 0 aliphatic rings. The molecule has 1 amide bonds. The van der Waals surface area contributed by atoms with Crippen molar-refractivity contribution in [1.82, 2.24) is 4.98 Å². The Morgan fingerprint density at radius 2 is 2.12 bits per heavy atom. The smallest absolute Gasteiger partial charge is 0.227 e. The largest absolute Gasteiger partial charge is 0.369 e. The van der Waals surface area contributed by atoms with E-state index in [0.29, 0.717) is 16.3 Å². The van der Waals surface area contributed by atoms with Crippen LogP contribution >= 0.6 is 11.8 Å². The van der Waals surface area contributed by atoms with Crippen LogP contribution in [0.15, 0.2) is 72.3 Å². The zero-order valence-corrected chi connectivity index (χ0v) is 15.3. The number of carbonyl (C=O) groups excluding carboxylic acids is 1. The van der Waals surface area contributed by atoms with Gasteiger partial charge in [-0.3, -0.25) is 4.79 Å². The molecule has 0 aliphatic heterocycles. The minimum absolute atomic E-state index is 0.0590. The van der Waals surface area contributed by atoms with Crippen LogP contribution in [-0.2, 0) is 4.79 Å². The number of thioether (sulfide) groups is 1. The highest BCUT2D eigenvalue weighted by atomic mass is 32.2. The summed E-state index contributed by atoms with van der Waals surface area (Å²) in [4.78, 5) is 15.8. The van der Waals surface area contributed by atoms with E-state index in [1.54, 1.807) is 6.08 Å². The normalized spacial score (nSPS) is 11.3. The molecule has 26 heavy (non-hydrogen) atoms. The zero-order valence-electron chi connectivity index (χ0n) is 14.5. The summed E-state index contributed by atoms with van der Waals surface area (Å²) in [7, 11) is 0. The molecule has 0 unspecified atom stereocenters. The summed E-state index contributed by atoms with van der Waals surface area (Å²) < 4.78 is 0. The first kappa shape index (κ1) is 19.2. The average Bonchev–Trinajstić information content (AvgIpc) is 2.66. The average molecular weight is 361 g/mol. The molecule has 2 aromatic rings. The molecule has 0 fully saturated rings. The molecule has 0 saturated carbocycles. The van der Waals surface area contributed by atoms with Crippen molar-refractivity contribution in [3.05, 3.63) is 78.5 Å². The quantitative estimate of drug-likeness (QED) is 0.587. The van der Waals surface area contributed by atoms with Gasteiger partial charge >= 0.3 is 0 Å². The second-order valence-electron chi connectivity index (χ2n) is 5.33. The van der Waals surface area contributed by atoms with Gasteiger partial charge in [-0.1, -0.05) is 73.0 Å². The molecule has 5 heteroatoms. The van der Waals surface area contributed by atoms with Crippen molar-refractivity contribution >= 4 is 23.2 Å². The summed E-state index contributed by atoms with van der Waals surface area (Å²) in [6.07, 6.45) is 7.38. The van der Waals surface area contributed by atoms with E-state index < -0.39 is 5.91 Å². The lowest BCUT2D eigenvalue weighted by molar-refractivity contribution is -0.115. The van der Waals surface area contributed by atoms with Gasteiger partial charge in [-0.05, 0) is 24.1 Å². The molecular formula is C21H19N3OS. The van der Waals surface area contributed by atoms with Gasteiger partial charge in [0.05, 0.1) is 17.0 Å². The van der Waals surface area contributed by atoms with Crippen molar-refractivity contribution in [2.24, 2.45) is 5.73 Å². The molecule has 0 bridgehead atoms.